The average Bonchev–Trinajstić information content (AvgIpc) is 2.73. The van der Waals surface area contributed by atoms with Crippen molar-refractivity contribution >= 4 is 0 Å². The van der Waals surface area contributed by atoms with Crippen LogP contribution in [0.3, 0.4) is 0 Å². The maximum atomic E-state index is 8.63. The Morgan fingerprint density at radius 3 is 3.00 bits per heavy atom. The van der Waals surface area contributed by atoms with Crippen LogP contribution in [0.2, 0.25) is 0 Å². The first kappa shape index (κ1) is 9.20. The summed E-state index contributed by atoms with van der Waals surface area (Å²) < 4.78 is 5.07. The number of nitriles is 1. The Labute approximate surface area is 82.9 Å². The first-order valence-electron chi connectivity index (χ1n) is 4.92. The molecule has 3 atom stereocenters. The predicted molar refractivity (Wildman–Crippen MR) is 49.3 cm³/mol. The van der Waals surface area contributed by atoms with E-state index in [-0.39, 0.29) is 5.92 Å². The number of nitrogens with zero attached hydrogens (tertiary/aromatic N) is 3. The molecule has 14 heavy (non-hydrogen) atoms. The maximum Gasteiger partial charge on any atom is 0.227 e. The zero-order chi connectivity index (χ0) is 10.1. The highest BCUT2D eigenvalue weighted by Gasteiger charge is 2.38. The van der Waals surface area contributed by atoms with Gasteiger partial charge in [-0.3, -0.25) is 0 Å². The Balaban J connectivity index is 2.00. The van der Waals surface area contributed by atoms with Gasteiger partial charge in [-0.1, -0.05) is 12.1 Å². The standard InChI is InChI=1S/C10H13N3O/c1-6(5-11)3-9-12-10(13-14-9)8-4-7(8)2/h6-8H,3-4H2,1-2H3. The van der Waals surface area contributed by atoms with Gasteiger partial charge in [-0.2, -0.15) is 10.2 Å². The van der Waals surface area contributed by atoms with Gasteiger partial charge in [0.15, 0.2) is 5.82 Å². The zero-order valence-electron chi connectivity index (χ0n) is 8.40. The highest BCUT2D eigenvalue weighted by molar-refractivity contribution is 5.07. The van der Waals surface area contributed by atoms with Gasteiger partial charge in [0.05, 0.1) is 12.0 Å². The number of aromatic nitrogens is 2. The summed E-state index contributed by atoms with van der Waals surface area (Å²) in [7, 11) is 0. The lowest BCUT2D eigenvalue weighted by molar-refractivity contribution is 0.364. The van der Waals surface area contributed by atoms with Gasteiger partial charge in [0.25, 0.3) is 0 Å². The van der Waals surface area contributed by atoms with Gasteiger partial charge >= 0.3 is 0 Å². The molecule has 74 valence electrons. The summed E-state index contributed by atoms with van der Waals surface area (Å²) in [5.41, 5.74) is 0. The van der Waals surface area contributed by atoms with Crippen molar-refractivity contribution in [2.75, 3.05) is 0 Å². The van der Waals surface area contributed by atoms with Gasteiger partial charge in [-0.05, 0) is 19.3 Å². The fourth-order valence-electron chi connectivity index (χ4n) is 1.49. The van der Waals surface area contributed by atoms with Crippen LogP contribution in [0.25, 0.3) is 0 Å². The van der Waals surface area contributed by atoms with Crippen LogP contribution in [-0.4, -0.2) is 10.1 Å². The van der Waals surface area contributed by atoms with E-state index in [0.717, 1.165) is 12.2 Å². The minimum Gasteiger partial charge on any atom is -0.339 e. The molecule has 0 bridgehead atoms. The molecule has 0 N–H and O–H groups in total. The van der Waals surface area contributed by atoms with Crippen LogP contribution in [0.15, 0.2) is 4.52 Å². The summed E-state index contributed by atoms with van der Waals surface area (Å²) >= 11 is 0. The Morgan fingerprint density at radius 2 is 2.43 bits per heavy atom. The van der Waals surface area contributed by atoms with E-state index in [1.54, 1.807) is 0 Å². The van der Waals surface area contributed by atoms with Crippen LogP contribution >= 0.6 is 0 Å². The first-order valence-corrected chi connectivity index (χ1v) is 4.92. The molecule has 1 fully saturated rings. The molecule has 2 rings (SSSR count). The largest absolute Gasteiger partial charge is 0.339 e. The van der Waals surface area contributed by atoms with E-state index in [9.17, 15) is 0 Å². The van der Waals surface area contributed by atoms with E-state index < -0.39 is 0 Å². The van der Waals surface area contributed by atoms with Crippen molar-refractivity contribution in [3.8, 4) is 6.07 Å². The van der Waals surface area contributed by atoms with Crippen LogP contribution in [-0.2, 0) is 6.42 Å². The van der Waals surface area contributed by atoms with Crippen molar-refractivity contribution in [3.05, 3.63) is 11.7 Å². The van der Waals surface area contributed by atoms with Gasteiger partial charge in [0.2, 0.25) is 5.89 Å². The Kier molecular flexibility index (Phi) is 2.24. The molecule has 0 amide bonds. The number of hydrogen-bond acceptors (Lipinski definition) is 4. The number of hydrogen-bond donors (Lipinski definition) is 0. The second kappa shape index (κ2) is 3.41. The molecule has 4 nitrogen and oxygen atoms in total. The highest BCUT2D eigenvalue weighted by atomic mass is 16.5. The lowest BCUT2D eigenvalue weighted by Crippen LogP contribution is -1.96. The zero-order valence-corrected chi connectivity index (χ0v) is 8.40. The van der Waals surface area contributed by atoms with Crippen molar-refractivity contribution in [2.45, 2.75) is 32.6 Å². The van der Waals surface area contributed by atoms with Gasteiger partial charge in [-0.25, -0.2) is 0 Å². The predicted octanol–water partition coefficient (Wildman–Crippen LogP) is 1.90. The van der Waals surface area contributed by atoms with Gasteiger partial charge in [0, 0.05) is 12.3 Å². The van der Waals surface area contributed by atoms with Gasteiger partial charge in [0.1, 0.15) is 0 Å². The monoisotopic (exact) mass is 191 g/mol. The van der Waals surface area contributed by atoms with Crippen LogP contribution in [0, 0.1) is 23.2 Å². The van der Waals surface area contributed by atoms with Crippen LogP contribution < -0.4 is 0 Å². The van der Waals surface area contributed by atoms with Crippen molar-refractivity contribution in [1.82, 2.24) is 10.1 Å². The molecule has 4 heteroatoms. The number of rotatable bonds is 3. The molecule has 0 saturated heterocycles. The van der Waals surface area contributed by atoms with Crippen LogP contribution in [0.1, 0.15) is 37.9 Å². The summed E-state index contributed by atoms with van der Waals surface area (Å²) in [5.74, 6) is 2.53. The second-order valence-corrected chi connectivity index (χ2v) is 4.10. The third kappa shape index (κ3) is 1.77. The lowest BCUT2D eigenvalue weighted by Gasteiger charge is -1.93. The molecule has 1 aromatic rings. The van der Waals surface area contributed by atoms with E-state index in [1.807, 2.05) is 6.92 Å². The molecule has 1 heterocycles. The van der Waals surface area contributed by atoms with Crippen molar-refractivity contribution < 1.29 is 4.52 Å². The summed E-state index contributed by atoms with van der Waals surface area (Å²) in [6.07, 6.45) is 1.72. The fraction of sp³-hybridized carbons (Fsp3) is 0.700. The molecule has 1 aliphatic rings. The molecular formula is C10H13N3O. The summed E-state index contributed by atoms with van der Waals surface area (Å²) in [4.78, 5) is 4.28. The molecule has 0 spiro atoms. The molecule has 0 aliphatic heterocycles. The summed E-state index contributed by atoms with van der Waals surface area (Å²) in [5, 5.41) is 12.5. The average molecular weight is 191 g/mol. The van der Waals surface area contributed by atoms with E-state index >= 15 is 0 Å². The van der Waals surface area contributed by atoms with E-state index in [1.165, 1.54) is 0 Å². The summed E-state index contributed by atoms with van der Waals surface area (Å²) in [6, 6.07) is 2.15. The smallest absolute Gasteiger partial charge is 0.227 e. The van der Waals surface area contributed by atoms with Crippen molar-refractivity contribution in [3.63, 3.8) is 0 Å². The third-order valence-corrected chi connectivity index (χ3v) is 2.63. The molecule has 1 aliphatic carbocycles. The SMILES string of the molecule is CC(C#N)Cc1nc(C2CC2C)no1. The molecular weight excluding hydrogens is 178 g/mol. The molecule has 0 radical (unpaired) electrons. The van der Waals surface area contributed by atoms with Crippen LogP contribution in [0.5, 0.6) is 0 Å². The molecule has 0 aromatic carbocycles. The van der Waals surface area contributed by atoms with E-state index in [2.05, 4.69) is 23.1 Å². The third-order valence-electron chi connectivity index (χ3n) is 2.63. The first-order chi connectivity index (χ1) is 6.70. The Hall–Kier alpha value is -1.37. The van der Waals surface area contributed by atoms with Crippen molar-refractivity contribution in [1.29, 1.82) is 5.26 Å². The minimum atomic E-state index is -0.0556. The fourth-order valence-corrected chi connectivity index (χ4v) is 1.49. The normalized spacial score (nSPS) is 26.9. The Bertz CT molecular complexity index is 366. The maximum absolute atomic E-state index is 8.63. The van der Waals surface area contributed by atoms with E-state index in [4.69, 9.17) is 9.78 Å². The molecule has 1 aromatic heterocycles. The topological polar surface area (TPSA) is 62.7 Å². The van der Waals surface area contributed by atoms with Gasteiger partial charge < -0.3 is 4.52 Å². The Morgan fingerprint density at radius 1 is 1.71 bits per heavy atom. The second-order valence-electron chi connectivity index (χ2n) is 4.10. The minimum absolute atomic E-state index is 0.0556. The van der Waals surface area contributed by atoms with Crippen LogP contribution in [0.4, 0.5) is 0 Å². The van der Waals surface area contributed by atoms with Crippen molar-refractivity contribution in [2.24, 2.45) is 11.8 Å². The molecule has 1 saturated carbocycles. The lowest BCUT2D eigenvalue weighted by atomic mass is 10.1. The summed E-state index contributed by atoms with van der Waals surface area (Å²) in [6.45, 7) is 4.03. The molecule has 3 unspecified atom stereocenters. The quantitative estimate of drug-likeness (QED) is 0.731. The highest BCUT2D eigenvalue weighted by Crippen LogP contribution is 2.45. The van der Waals surface area contributed by atoms with E-state index in [0.29, 0.717) is 24.1 Å². The van der Waals surface area contributed by atoms with Gasteiger partial charge in [-0.15, -0.1) is 0 Å².